The molecule has 3 aromatic rings. The lowest BCUT2D eigenvalue weighted by atomic mass is 10.2. The Labute approximate surface area is 151 Å². The molecule has 134 valence electrons. The van der Waals surface area contributed by atoms with Crippen LogP contribution in [0, 0.1) is 0 Å². The summed E-state index contributed by atoms with van der Waals surface area (Å²) in [5.74, 6) is -0.0876. The van der Waals surface area contributed by atoms with Gasteiger partial charge in [-0.05, 0) is 30.8 Å². The van der Waals surface area contributed by atoms with E-state index in [1.807, 2.05) is 42.3 Å². The number of hydrogen-bond acceptors (Lipinski definition) is 5. The molecule has 0 fully saturated rings. The maximum Gasteiger partial charge on any atom is 0.274 e. The molecule has 0 aliphatic carbocycles. The van der Waals surface area contributed by atoms with E-state index in [0.717, 1.165) is 10.9 Å². The van der Waals surface area contributed by atoms with E-state index < -0.39 is 0 Å². The minimum atomic E-state index is -0.146. The summed E-state index contributed by atoms with van der Waals surface area (Å²) in [6, 6.07) is 11.2. The molecule has 0 radical (unpaired) electrons. The van der Waals surface area contributed by atoms with Gasteiger partial charge in [-0.2, -0.15) is 5.10 Å². The fourth-order valence-electron chi connectivity index (χ4n) is 2.75. The lowest BCUT2D eigenvalue weighted by molar-refractivity contribution is -0.122. The number of benzene rings is 1. The van der Waals surface area contributed by atoms with Gasteiger partial charge in [0.05, 0.1) is 24.7 Å². The summed E-state index contributed by atoms with van der Waals surface area (Å²) in [6.07, 6.45) is 5.14. The van der Waals surface area contributed by atoms with Gasteiger partial charge < -0.3 is 5.32 Å². The summed E-state index contributed by atoms with van der Waals surface area (Å²) in [6.45, 7) is 1.64. The number of hydrogen-bond donors (Lipinski definition) is 1. The van der Waals surface area contributed by atoms with E-state index >= 15 is 0 Å². The Morgan fingerprint density at radius 1 is 1.19 bits per heavy atom. The smallest absolute Gasteiger partial charge is 0.274 e. The Morgan fingerprint density at radius 2 is 1.96 bits per heavy atom. The molecule has 2 aromatic heterocycles. The third-order valence-corrected chi connectivity index (χ3v) is 4.02. The predicted octanol–water partition coefficient (Wildman–Crippen LogP) is 1.04. The van der Waals surface area contributed by atoms with Crippen LogP contribution in [0.15, 0.2) is 59.8 Å². The number of fused-ring (bicyclic) bond motifs is 1. The van der Waals surface area contributed by atoms with Crippen molar-refractivity contribution in [2.45, 2.75) is 13.1 Å². The third-order valence-electron chi connectivity index (χ3n) is 4.02. The molecule has 1 amide bonds. The Bertz CT molecular complexity index is 939. The van der Waals surface area contributed by atoms with Crippen molar-refractivity contribution in [3.8, 4) is 0 Å². The van der Waals surface area contributed by atoms with Crippen LogP contribution >= 0.6 is 0 Å². The van der Waals surface area contributed by atoms with Gasteiger partial charge in [0.1, 0.15) is 0 Å². The average Bonchev–Trinajstić information content (AvgIpc) is 2.64. The van der Waals surface area contributed by atoms with Crippen LogP contribution < -0.4 is 10.9 Å². The fourth-order valence-corrected chi connectivity index (χ4v) is 2.75. The number of carbonyl (C=O) groups excluding carboxylic acids is 1. The monoisotopic (exact) mass is 351 g/mol. The second-order valence-electron chi connectivity index (χ2n) is 6.14. The van der Waals surface area contributed by atoms with Crippen molar-refractivity contribution < 1.29 is 4.79 Å². The number of nitrogens with one attached hydrogen (secondary N) is 1. The molecule has 7 nitrogen and oxygen atoms in total. The number of likely N-dealkylation sites (N-methyl/N-ethyl adjacent to an activating group) is 1. The molecule has 0 aliphatic heterocycles. The molecular formula is C19H21N5O2. The van der Waals surface area contributed by atoms with Gasteiger partial charge >= 0.3 is 0 Å². The highest BCUT2D eigenvalue weighted by Gasteiger charge is 2.08. The van der Waals surface area contributed by atoms with Crippen LogP contribution in [-0.2, 0) is 17.9 Å². The highest BCUT2D eigenvalue weighted by atomic mass is 16.2. The first kappa shape index (κ1) is 17.8. The Morgan fingerprint density at radius 3 is 2.77 bits per heavy atom. The number of aromatic nitrogens is 3. The normalized spacial score (nSPS) is 11.0. The van der Waals surface area contributed by atoms with E-state index in [1.165, 1.54) is 4.68 Å². The van der Waals surface area contributed by atoms with Gasteiger partial charge in [-0.1, -0.05) is 18.2 Å². The second-order valence-corrected chi connectivity index (χ2v) is 6.14. The van der Waals surface area contributed by atoms with E-state index in [4.69, 9.17) is 0 Å². The number of carbonyl (C=O) groups is 1. The molecule has 0 saturated heterocycles. The van der Waals surface area contributed by atoms with Crippen LogP contribution in [0.3, 0.4) is 0 Å². The highest BCUT2D eigenvalue weighted by Crippen LogP contribution is 2.06. The predicted molar refractivity (Wildman–Crippen MR) is 99.6 cm³/mol. The minimum absolute atomic E-state index is 0.0876. The second kappa shape index (κ2) is 8.35. The summed E-state index contributed by atoms with van der Waals surface area (Å²) in [7, 11) is 1.88. The Kier molecular flexibility index (Phi) is 5.70. The molecule has 7 heteroatoms. The minimum Gasteiger partial charge on any atom is -0.353 e. The van der Waals surface area contributed by atoms with Crippen LogP contribution in [0.25, 0.3) is 10.8 Å². The molecule has 0 unspecified atom stereocenters. The fraction of sp³-hybridized carbons (Fsp3) is 0.263. The first-order chi connectivity index (χ1) is 12.6. The van der Waals surface area contributed by atoms with Gasteiger partial charge in [0.2, 0.25) is 5.91 Å². The zero-order valence-electron chi connectivity index (χ0n) is 14.6. The van der Waals surface area contributed by atoms with Gasteiger partial charge in [0.15, 0.2) is 0 Å². The lowest BCUT2D eigenvalue weighted by Gasteiger charge is -2.16. The van der Waals surface area contributed by atoms with Crippen molar-refractivity contribution in [2.24, 2.45) is 0 Å². The van der Waals surface area contributed by atoms with E-state index in [2.05, 4.69) is 15.4 Å². The van der Waals surface area contributed by atoms with E-state index in [0.29, 0.717) is 25.0 Å². The number of nitrogens with zero attached hydrogens (tertiary/aromatic N) is 4. The number of amides is 1. The first-order valence-electron chi connectivity index (χ1n) is 8.42. The van der Waals surface area contributed by atoms with E-state index in [-0.39, 0.29) is 18.0 Å². The summed E-state index contributed by atoms with van der Waals surface area (Å²) in [5.41, 5.74) is 0.953. The summed E-state index contributed by atoms with van der Waals surface area (Å²) >= 11 is 0. The largest absolute Gasteiger partial charge is 0.353 e. The van der Waals surface area contributed by atoms with Crippen molar-refractivity contribution in [3.63, 3.8) is 0 Å². The molecule has 0 spiro atoms. The Hall–Kier alpha value is -3.06. The Balaban J connectivity index is 1.49. The molecule has 0 bridgehead atoms. The SMILES string of the molecule is CN(CC(=O)NCCn1ncc2ccccc2c1=O)Cc1ccncc1. The van der Waals surface area contributed by atoms with Gasteiger partial charge in [0.25, 0.3) is 5.56 Å². The van der Waals surface area contributed by atoms with Gasteiger partial charge in [-0.25, -0.2) is 4.68 Å². The van der Waals surface area contributed by atoms with Crippen molar-refractivity contribution in [3.05, 3.63) is 70.9 Å². The molecule has 0 aliphatic rings. The van der Waals surface area contributed by atoms with Crippen LogP contribution in [0.1, 0.15) is 5.56 Å². The summed E-state index contributed by atoms with van der Waals surface area (Å²) in [4.78, 5) is 30.3. The third kappa shape index (κ3) is 4.52. The standard InChI is InChI=1S/C19H21N5O2/c1-23(13-15-6-8-20-9-7-15)14-18(25)21-10-11-24-19(26)17-5-3-2-4-16(17)12-22-24/h2-9,12H,10-11,13-14H2,1H3,(H,21,25). The molecule has 3 rings (SSSR count). The first-order valence-corrected chi connectivity index (χ1v) is 8.42. The van der Waals surface area contributed by atoms with Gasteiger partial charge in [-0.15, -0.1) is 0 Å². The maximum absolute atomic E-state index is 12.4. The quantitative estimate of drug-likeness (QED) is 0.688. The van der Waals surface area contributed by atoms with Crippen molar-refractivity contribution >= 4 is 16.7 Å². The number of rotatable bonds is 7. The molecule has 1 aromatic carbocycles. The molecule has 2 heterocycles. The molecule has 1 N–H and O–H groups in total. The van der Waals surface area contributed by atoms with Gasteiger partial charge in [0, 0.05) is 30.9 Å². The van der Waals surface area contributed by atoms with Gasteiger partial charge in [-0.3, -0.25) is 19.5 Å². The average molecular weight is 351 g/mol. The lowest BCUT2D eigenvalue weighted by Crippen LogP contribution is -2.37. The van der Waals surface area contributed by atoms with Crippen LogP contribution in [-0.4, -0.2) is 45.7 Å². The summed E-state index contributed by atoms with van der Waals surface area (Å²) in [5, 5.41) is 8.43. The van der Waals surface area contributed by atoms with E-state index in [9.17, 15) is 9.59 Å². The highest BCUT2D eigenvalue weighted by molar-refractivity contribution is 5.80. The van der Waals surface area contributed by atoms with Crippen molar-refractivity contribution in [1.29, 1.82) is 0 Å². The van der Waals surface area contributed by atoms with Crippen molar-refractivity contribution in [1.82, 2.24) is 25.0 Å². The van der Waals surface area contributed by atoms with Crippen LogP contribution in [0.2, 0.25) is 0 Å². The maximum atomic E-state index is 12.4. The topological polar surface area (TPSA) is 80.1 Å². The van der Waals surface area contributed by atoms with E-state index in [1.54, 1.807) is 24.7 Å². The van der Waals surface area contributed by atoms with Crippen LogP contribution in [0.5, 0.6) is 0 Å². The molecule has 0 atom stereocenters. The molecular weight excluding hydrogens is 330 g/mol. The molecule has 26 heavy (non-hydrogen) atoms. The number of pyridine rings is 1. The zero-order chi connectivity index (χ0) is 18.4. The van der Waals surface area contributed by atoms with Crippen molar-refractivity contribution in [2.75, 3.05) is 20.1 Å². The zero-order valence-corrected chi connectivity index (χ0v) is 14.6. The molecule has 0 saturated carbocycles. The van der Waals surface area contributed by atoms with Crippen LogP contribution in [0.4, 0.5) is 0 Å². The summed E-state index contributed by atoms with van der Waals surface area (Å²) < 4.78 is 1.38.